The minimum atomic E-state index is -0.771. The molecule has 1 amide bonds. The van der Waals surface area contributed by atoms with E-state index >= 15 is 0 Å². The fourth-order valence-corrected chi connectivity index (χ4v) is 4.42. The van der Waals surface area contributed by atoms with E-state index in [1.165, 1.54) is 25.1 Å². The molecular formula is C25H29N5O5. The SMILES string of the molecule is CCCCc1nc(=O)c(C(=O)N2CC[C@@H](c3ccccc3)C2)c(O)n1-c1c(OC)ncnc1OC. The van der Waals surface area contributed by atoms with Crippen LogP contribution in [0.25, 0.3) is 5.69 Å². The standard InChI is InChI=1S/C25H29N5O5/c1-4-5-11-18-28-21(31)19(24(32)29-13-12-17(14-29)16-9-7-6-8-10-16)25(33)30(18)20-22(34-2)26-15-27-23(20)35-3/h6-10,15,17,33H,4-5,11-14H2,1-3H3/t17-/m1/s1. The van der Waals surface area contributed by atoms with Crippen LogP contribution < -0.4 is 15.0 Å². The van der Waals surface area contributed by atoms with Crippen molar-refractivity contribution in [1.82, 2.24) is 24.4 Å². The molecule has 0 radical (unpaired) electrons. The highest BCUT2D eigenvalue weighted by Gasteiger charge is 2.34. The smallest absolute Gasteiger partial charge is 0.289 e. The summed E-state index contributed by atoms with van der Waals surface area (Å²) >= 11 is 0. The molecule has 1 N–H and O–H groups in total. The van der Waals surface area contributed by atoms with Gasteiger partial charge in [-0.05, 0) is 18.4 Å². The molecule has 3 aromatic rings. The Morgan fingerprint density at radius 3 is 2.46 bits per heavy atom. The van der Waals surface area contributed by atoms with E-state index in [9.17, 15) is 14.7 Å². The minimum absolute atomic E-state index is 0.110. The second-order valence-electron chi connectivity index (χ2n) is 8.36. The summed E-state index contributed by atoms with van der Waals surface area (Å²) in [6.45, 7) is 2.92. The largest absolute Gasteiger partial charge is 0.493 e. The summed E-state index contributed by atoms with van der Waals surface area (Å²) in [7, 11) is 2.84. The molecule has 3 heterocycles. The van der Waals surface area contributed by atoms with E-state index in [1.54, 1.807) is 4.90 Å². The van der Waals surface area contributed by atoms with Gasteiger partial charge in [-0.3, -0.25) is 14.2 Å². The van der Waals surface area contributed by atoms with Gasteiger partial charge in [0.25, 0.3) is 11.5 Å². The fourth-order valence-electron chi connectivity index (χ4n) is 4.42. The number of methoxy groups -OCH3 is 2. The second-order valence-corrected chi connectivity index (χ2v) is 8.36. The van der Waals surface area contributed by atoms with Crippen LogP contribution in [-0.4, -0.2) is 62.7 Å². The van der Waals surface area contributed by atoms with E-state index in [1.807, 2.05) is 37.3 Å². The molecule has 10 heteroatoms. The van der Waals surface area contributed by atoms with Gasteiger partial charge in [-0.2, -0.15) is 15.0 Å². The van der Waals surface area contributed by atoms with Crippen molar-refractivity contribution in [3.8, 4) is 23.3 Å². The Bertz CT molecular complexity index is 1240. The quantitative estimate of drug-likeness (QED) is 0.524. The number of likely N-dealkylation sites (tertiary alicyclic amines) is 1. The van der Waals surface area contributed by atoms with E-state index < -0.39 is 22.9 Å². The summed E-state index contributed by atoms with van der Waals surface area (Å²) in [6.07, 6.45) is 3.96. The molecule has 1 fully saturated rings. The third kappa shape index (κ3) is 4.68. The Balaban J connectivity index is 1.80. The average Bonchev–Trinajstić information content (AvgIpc) is 3.38. The Morgan fingerprint density at radius 2 is 1.83 bits per heavy atom. The lowest BCUT2D eigenvalue weighted by Gasteiger charge is -2.21. The second kappa shape index (κ2) is 10.5. The van der Waals surface area contributed by atoms with Crippen molar-refractivity contribution in [1.29, 1.82) is 0 Å². The van der Waals surface area contributed by atoms with Gasteiger partial charge in [-0.15, -0.1) is 0 Å². The number of rotatable bonds is 8. The van der Waals surface area contributed by atoms with Gasteiger partial charge < -0.3 is 19.5 Å². The van der Waals surface area contributed by atoms with E-state index in [0.717, 1.165) is 18.4 Å². The number of hydrogen-bond acceptors (Lipinski definition) is 8. The lowest BCUT2D eigenvalue weighted by molar-refractivity contribution is 0.0784. The van der Waals surface area contributed by atoms with Crippen molar-refractivity contribution in [3.63, 3.8) is 0 Å². The molecule has 0 unspecified atom stereocenters. The molecular weight excluding hydrogens is 450 g/mol. The van der Waals surface area contributed by atoms with Crippen LogP contribution in [0.15, 0.2) is 41.5 Å². The minimum Gasteiger partial charge on any atom is -0.493 e. The zero-order valence-electron chi connectivity index (χ0n) is 20.1. The maximum absolute atomic E-state index is 13.5. The molecule has 4 rings (SSSR count). The summed E-state index contributed by atoms with van der Waals surface area (Å²) in [5.74, 6) is -0.456. The van der Waals surface area contributed by atoms with Crippen LogP contribution in [0.3, 0.4) is 0 Å². The molecule has 10 nitrogen and oxygen atoms in total. The lowest BCUT2D eigenvalue weighted by atomic mass is 9.99. The monoisotopic (exact) mass is 479 g/mol. The number of hydrogen-bond donors (Lipinski definition) is 1. The van der Waals surface area contributed by atoms with Crippen LogP contribution in [0, 0.1) is 0 Å². The van der Waals surface area contributed by atoms with Gasteiger partial charge in [0.2, 0.25) is 17.6 Å². The van der Waals surface area contributed by atoms with Gasteiger partial charge in [0.05, 0.1) is 14.2 Å². The Morgan fingerprint density at radius 1 is 1.14 bits per heavy atom. The van der Waals surface area contributed by atoms with E-state index in [2.05, 4.69) is 15.0 Å². The summed E-state index contributed by atoms with van der Waals surface area (Å²) in [5, 5.41) is 11.4. The van der Waals surface area contributed by atoms with Gasteiger partial charge in [0.15, 0.2) is 11.3 Å². The number of nitrogens with zero attached hydrogens (tertiary/aromatic N) is 5. The molecule has 0 saturated carbocycles. The molecule has 1 aliphatic rings. The molecule has 0 bridgehead atoms. The molecule has 1 aliphatic heterocycles. The summed E-state index contributed by atoms with van der Waals surface area (Å²) in [6, 6.07) is 9.93. The van der Waals surface area contributed by atoms with Crippen molar-refractivity contribution >= 4 is 5.91 Å². The topological polar surface area (TPSA) is 120 Å². The Labute approximate surface area is 203 Å². The van der Waals surface area contributed by atoms with Crippen molar-refractivity contribution in [3.05, 3.63) is 64.0 Å². The number of carbonyl (C=O) groups excluding carboxylic acids is 1. The molecule has 1 saturated heterocycles. The Hall–Kier alpha value is -3.95. The van der Waals surface area contributed by atoms with E-state index in [4.69, 9.17) is 9.47 Å². The van der Waals surface area contributed by atoms with Crippen LogP contribution >= 0.6 is 0 Å². The number of amides is 1. The number of carbonyl (C=O) groups is 1. The first kappa shape index (κ1) is 24.2. The predicted octanol–water partition coefficient (Wildman–Crippen LogP) is 2.72. The maximum Gasteiger partial charge on any atom is 0.289 e. The van der Waals surface area contributed by atoms with Crippen LogP contribution in [0.4, 0.5) is 0 Å². The van der Waals surface area contributed by atoms with Gasteiger partial charge >= 0.3 is 0 Å². The summed E-state index contributed by atoms with van der Waals surface area (Å²) in [5.41, 5.74) is 0.138. The molecule has 35 heavy (non-hydrogen) atoms. The van der Waals surface area contributed by atoms with Crippen molar-refractivity contribution < 1.29 is 19.4 Å². The first-order chi connectivity index (χ1) is 17.0. The van der Waals surface area contributed by atoms with Crippen LogP contribution in [0.5, 0.6) is 17.6 Å². The van der Waals surface area contributed by atoms with Crippen molar-refractivity contribution in [2.75, 3.05) is 27.3 Å². The van der Waals surface area contributed by atoms with Gasteiger partial charge in [-0.1, -0.05) is 43.7 Å². The van der Waals surface area contributed by atoms with E-state index in [-0.39, 0.29) is 29.2 Å². The molecule has 1 atom stereocenters. The number of benzene rings is 1. The van der Waals surface area contributed by atoms with Gasteiger partial charge in [0, 0.05) is 25.4 Å². The molecule has 1 aromatic carbocycles. The molecule has 0 aliphatic carbocycles. The predicted molar refractivity (Wildman–Crippen MR) is 129 cm³/mol. The third-order valence-corrected chi connectivity index (χ3v) is 6.22. The Kier molecular flexibility index (Phi) is 7.28. The van der Waals surface area contributed by atoms with E-state index in [0.29, 0.717) is 25.9 Å². The maximum atomic E-state index is 13.5. The van der Waals surface area contributed by atoms with Crippen molar-refractivity contribution in [2.24, 2.45) is 0 Å². The number of unbranched alkanes of at least 4 members (excludes halogenated alkanes) is 1. The zero-order chi connectivity index (χ0) is 24.9. The lowest BCUT2D eigenvalue weighted by Crippen LogP contribution is -2.35. The number of aromatic hydroxyl groups is 1. The normalized spacial score (nSPS) is 15.3. The molecule has 2 aromatic heterocycles. The highest BCUT2D eigenvalue weighted by Crippen LogP contribution is 2.35. The number of aromatic nitrogens is 4. The van der Waals surface area contributed by atoms with Gasteiger partial charge in [-0.25, -0.2) is 0 Å². The van der Waals surface area contributed by atoms with Crippen LogP contribution in [0.1, 0.15) is 53.8 Å². The average molecular weight is 480 g/mol. The zero-order valence-corrected chi connectivity index (χ0v) is 20.1. The van der Waals surface area contributed by atoms with Crippen LogP contribution in [-0.2, 0) is 6.42 Å². The summed E-state index contributed by atoms with van der Waals surface area (Å²) in [4.78, 5) is 40.6. The molecule has 184 valence electrons. The highest BCUT2D eigenvalue weighted by molar-refractivity contribution is 5.96. The molecule has 0 spiro atoms. The number of aryl methyl sites for hydroxylation is 1. The fraction of sp³-hybridized carbons (Fsp3) is 0.400. The number of ether oxygens (including phenoxy) is 2. The van der Waals surface area contributed by atoms with Crippen molar-refractivity contribution in [2.45, 2.75) is 38.5 Å². The summed E-state index contributed by atoms with van der Waals surface area (Å²) < 4.78 is 12.1. The first-order valence-corrected chi connectivity index (χ1v) is 11.6. The first-order valence-electron chi connectivity index (χ1n) is 11.6. The highest BCUT2D eigenvalue weighted by atomic mass is 16.5. The van der Waals surface area contributed by atoms with Crippen LogP contribution in [0.2, 0.25) is 0 Å². The van der Waals surface area contributed by atoms with Gasteiger partial charge in [0.1, 0.15) is 12.2 Å². The third-order valence-electron chi connectivity index (χ3n) is 6.22.